The van der Waals surface area contributed by atoms with Crippen LogP contribution in [0.15, 0.2) is 18.2 Å². The first-order chi connectivity index (χ1) is 16.5. The molecule has 2 saturated heterocycles. The Morgan fingerprint density at radius 3 is 2.46 bits per heavy atom. The minimum atomic E-state index is -4.73. The molecule has 0 bridgehead atoms. The van der Waals surface area contributed by atoms with E-state index < -0.39 is 59.9 Å². The quantitative estimate of drug-likeness (QED) is 0.400. The van der Waals surface area contributed by atoms with Crippen molar-refractivity contribution in [3.63, 3.8) is 0 Å². The Balaban J connectivity index is 1.67. The third-order valence-corrected chi connectivity index (χ3v) is 5.65. The minimum absolute atomic E-state index is 0.0466. The number of anilines is 1. The normalized spacial score (nSPS) is 20.1. The van der Waals surface area contributed by atoms with E-state index >= 15 is 0 Å². The number of urea groups is 1. The van der Waals surface area contributed by atoms with E-state index in [-0.39, 0.29) is 12.3 Å². The smallest absolute Gasteiger partial charge is 0.416 e. The second-order valence-electron chi connectivity index (χ2n) is 8.16. The summed E-state index contributed by atoms with van der Waals surface area (Å²) >= 11 is 0. The van der Waals surface area contributed by atoms with E-state index in [1.807, 2.05) is 0 Å². The Kier molecular flexibility index (Phi) is 8.38. The molecule has 35 heavy (non-hydrogen) atoms. The van der Waals surface area contributed by atoms with Crippen molar-refractivity contribution in [1.29, 1.82) is 0 Å². The van der Waals surface area contributed by atoms with E-state index in [4.69, 9.17) is 9.84 Å². The monoisotopic (exact) mass is 501 g/mol. The van der Waals surface area contributed by atoms with E-state index in [0.29, 0.717) is 32.2 Å². The highest BCUT2D eigenvalue weighted by Crippen LogP contribution is 2.32. The zero-order valence-corrected chi connectivity index (χ0v) is 18.6. The molecule has 0 spiro atoms. The number of likely N-dealkylation sites (tertiary alicyclic amines) is 1. The van der Waals surface area contributed by atoms with Gasteiger partial charge in [0.05, 0.1) is 42.0 Å². The van der Waals surface area contributed by atoms with Crippen LogP contribution in [0.3, 0.4) is 0 Å². The number of carbonyl (C=O) groups is 4. The molecule has 2 fully saturated rings. The van der Waals surface area contributed by atoms with E-state index in [1.165, 1.54) is 4.90 Å². The lowest BCUT2D eigenvalue weighted by Crippen LogP contribution is -2.57. The average Bonchev–Trinajstić information content (AvgIpc) is 3.33. The van der Waals surface area contributed by atoms with Crippen LogP contribution in [0.4, 0.5) is 28.4 Å². The van der Waals surface area contributed by atoms with Crippen LogP contribution in [0, 0.1) is 0 Å². The fourth-order valence-corrected chi connectivity index (χ4v) is 3.86. The molecule has 5 amide bonds. The van der Waals surface area contributed by atoms with Crippen molar-refractivity contribution in [1.82, 2.24) is 20.9 Å². The number of alkyl halides is 3. The molecule has 192 valence electrons. The van der Waals surface area contributed by atoms with Crippen LogP contribution in [0.1, 0.15) is 35.2 Å². The first-order valence-corrected chi connectivity index (χ1v) is 11.0. The fourth-order valence-electron chi connectivity index (χ4n) is 3.86. The van der Waals surface area contributed by atoms with Crippen molar-refractivity contribution in [3.8, 4) is 0 Å². The summed E-state index contributed by atoms with van der Waals surface area (Å²) in [4.78, 5) is 49.9. The van der Waals surface area contributed by atoms with Gasteiger partial charge in [0, 0.05) is 19.7 Å². The van der Waals surface area contributed by atoms with Gasteiger partial charge >= 0.3 is 18.3 Å². The van der Waals surface area contributed by atoms with Crippen LogP contribution < -0.4 is 21.3 Å². The van der Waals surface area contributed by atoms with Crippen LogP contribution in [0.25, 0.3) is 0 Å². The topological polar surface area (TPSA) is 149 Å². The van der Waals surface area contributed by atoms with Crippen molar-refractivity contribution in [2.75, 3.05) is 38.2 Å². The number of nitrogens with one attached hydrogen (secondary N) is 4. The van der Waals surface area contributed by atoms with Gasteiger partial charge < -0.3 is 36.0 Å². The summed E-state index contributed by atoms with van der Waals surface area (Å²) in [7, 11) is 0. The molecule has 1 aromatic rings. The van der Waals surface area contributed by atoms with E-state index in [9.17, 15) is 32.3 Å². The molecule has 0 radical (unpaired) electrons. The van der Waals surface area contributed by atoms with E-state index in [1.54, 1.807) is 0 Å². The summed E-state index contributed by atoms with van der Waals surface area (Å²) in [5.74, 6) is -1.69. The summed E-state index contributed by atoms with van der Waals surface area (Å²) in [6.45, 7) is 0.749. The Morgan fingerprint density at radius 1 is 1.09 bits per heavy atom. The zero-order chi connectivity index (χ0) is 25.6. The van der Waals surface area contributed by atoms with Crippen molar-refractivity contribution in [2.24, 2.45) is 0 Å². The van der Waals surface area contributed by atoms with Crippen molar-refractivity contribution in [3.05, 3.63) is 29.3 Å². The number of carboxylic acid groups (broad SMARTS) is 1. The largest absolute Gasteiger partial charge is 0.465 e. The van der Waals surface area contributed by atoms with Gasteiger partial charge in [0.25, 0.3) is 5.91 Å². The second-order valence-corrected chi connectivity index (χ2v) is 8.16. The summed E-state index contributed by atoms with van der Waals surface area (Å²) in [5, 5.41) is 18.5. The second kappa shape index (κ2) is 11.3. The molecule has 2 aliphatic heterocycles. The average molecular weight is 501 g/mol. The SMILES string of the molecule is O=C(O)N[C@@H]1CCOC[C@@H]1NC(=O)CNC(=O)c1cc(C(F)(F)F)ccc1NC(=O)N1CCCC1. The van der Waals surface area contributed by atoms with Crippen LogP contribution in [-0.4, -0.2) is 78.9 Å². The summed E-state index contributed by atoms with van der Waals surface area (Å²) in [6, 6.07) is 0.525. The molecular weight excluding hydrogens is 475 g/mol. The highest BCUT2D eigenvalue weighted by molar-refractivity contribution is 6.04. The zero-order valence-electron chi connectivity index (χ0n) is 18.6. The lowest BCUT2D eigenvalue weighted by molar-refractivity contribution is -0.137. The molecule has 14 heteroatoms. The first kappa shape index (κ1) is 26.1. The number of amides is 5. The predicted molar refractivity (Wildman–Crippen MR) is 116 cm³/mol. The summed E-state index contributed by atoms with van der Waals surface area (Å²) in [6.07, 6.45) is -4.06. The van der Waals surface area contributed by atoms with Crippen molar-refractivity contribution >= 4 is 29.6 Å². The van der Waals surface area contributed by atoms with Gasteiger partial charge in [-0.3, -0.25) is 9.59 Å². The van der Waals surface area contributed by atoms with Crippen LogP contribution in [-0.2, 0) is 15.7 Å². The van der Waals surface area contributed by atoms with Gasteiger partial charge in [-0.05, 0) is 37.5 Å². The van der Waals surface area contributed by atoms with Crippen molar-refractivity contribution < 1.29 is 42.2 Å². The fraction of sp³-hybridized carbons (Fsp3) is 0.524. The Morgan fingerprint density at radius 2 is 1.80 bits per heavy atom. The molecule has 0 aliphatic carbocycles. The third-order valence-electron chi connectivity index (χ3n) is 5.65. The highest BCUT2D eigenvalue weighted by Gasteiger charge is 2.33. The molecule has 2 atom stereocenters. The van der Waals surface area contributed by atoms with Crippen LogP contribution >= 0.6 is 0 Å². The minimum Gasteiger partial charge on any atom is -0.465 e. The maximum Gasteiger partial charge on any atom is 0.416 e. The van der Waals surface area contributed by atoms with Crippen LogP contribution in [0.2, 0.25) is 0 Å². The number of hydrogen-bond donors (Lipinski definition) is 5. The molecule has 11 nitrogen and oxygen atoms in total. The maximum absolute atomic E-state index is 13.2. The molecular formula is C21H26F3N5O6. The molecule has 0 unspecified atom stereocenters. The molecule has 2 aliphatic rings. The summed E-state index contributed by atoms with van der Waals surface area (Å²) < 4.78 is 44.9. The molecule has 3 rings (SSSR count). The van der Waals surface area contributed by atoms with Gasteiger partial charge in [0.15, 0.2) is 0 Å². The van der Waals surface area contributed by atoms with E-state index in [0.717, 1.165) is 25.0 Å². The Labute approximate surface area is 198 Å². The van der Waals surface area contributed by atoms with E-state index in [2.05, 4.69) is 21.3 Å². The van der Waals surface area contributed by atoms with Crippen LogP contribution in [0.5, 0.6) is 0 Å². The maximum atomic E-state index is 13.2. The molecule has 0 aromatic heterocycles. The van der Waals surface area contributed by atoms with Gasteiger partial charge in [-0.1, -0.05) is 0 Å². The van der Waals surface area contributed by atoms with Crippen molar-refractivity contribution in [2.45, 2.75) is 37.5 Å². The Hall–Kier alpha value is -3.55. The first-order valence-electron chi connectivity index (χ1n) is 11.0. The van der Waals surface area contributed by atoms with Gasteiger partial charge in [0.1, 0.15) is 0 Å². The molecule has 5 N–H and O–H groups in total. The van der Waals surface area contributed by atoms with Gasteiger partial charge in [-0.25, -0.2) is 9.59 Å². The number of rotatable bonds is 6. The standard InChI is InChI=1S/C21H26F3N5O6/c22-21(23,24)12-3-4-14(27-19(32)29-6-1-2-7-29)13(9-12)18(31)25-10-17(30)26-16-11-35-8-5-15(16)28-20(33)34/h3-4,9,15-16,28H,1-2,5-8,10-11H2,(H,25,31)(H,26,30)(H,27,32)(H,33,34)/t15-,16+/m1/s1. The van der Waals surface area contributed by atoms with Gasteiger partial charge in [-0.15, -0.1) is 0 Å². The number of benzene rings is 1. The number of ether oxygens (including phenoxy) is 1. The number of hydrogen-bond acceptors (Lipinski definition) is 5. The molecule has 1 aromatic carbocycles. The van der Waals surface area contributed by atoms with Gasteiger partial charge in [-0.2, -0.15) is 13.2 Å². The molecule has 0 saturated carbocycles. The lowest BCUT2D eigenvalue weighted by atomic mass is 10.0. The molecule has 2 heterocycles. The number of carbonyl (C=O) groups excluding carboxylic acids is 3. The number of halogens is 3. The van der Waals surface area contributed by atoms with Gasteiger partial charge in [0.2, 0.25) is 5.91 Å². The lowest BCUT2D eigenvalue weighted by Gasteiger charge is -2.31. The predicted octanol–water partition coefficient (Wildman–Crippen LogP) is 1.60. The highest BCUT2D eigenvalue weighted by atomic mass is 19.4. The summed E-state index contributed by atoms with van der Waals surface area (Å²) in [5.41, 5.74) is -1.67. The Bertz CT molecular complexity index is 967. The number of nitrogens with zero attached hydrogens (tertiary/aromatic N) is 1. The third kappa shape index (κ3) is 7.21.